The average Bonchev–Trinajstić information content (AvgIpc) is 3.60. The number of hydrogen-bond donors (Lipinski definition) is 7. The van der Waals surface area contributed by atoms with Crippen LogP contribution in [0.3, 0.4) is 0 Å². The molecule has 15 nitrogen and oxygen atoms in total. The van der Waals surface area contributed by atoms with Crippen molar-refractivity contribution < 1.29 is 68.6 Å². The molecule has 0 radical (unpaired) electrons. The molecule has 0 aromatic carbocycles. The van der Waals surface area contributed by atoms with Crippen molar-refractivity contribution in [2.45, 2.75) is 180 Å². The third-order valence-corrected chi connectivity index (χ3v) is 16.1. The second-order valence-electron chi connectivity index (χ2n) is 20.4. The first-order valence-electron chi connectivity index (χ1n) is 23.9. The van der Waals surface area contributed by atoms with Crippen LogP contribution in [0.1, 0.15) is 112 Å². The van der Waals surface area contributed by atoms with Crippen LogP contribution >= 0.6 is 0 Å². The van der Waals surface area contributed by atoms with E-state index in [1.807, 2.05) is 0 Å². The highest BCUT2D eigenvalue weighted by atomic mass is 16.7. The second kappa shape index (κ2) is 22.5. The van der Waals surface area contributed by atoms with Crippen LogP contribution in [0.2, 0.25) is 0 Å². The first kappa shape index (κ1) is 50.1. The van der Waals surface area contributed by atoms with Crippen molar-refractivity contribution in [3.63, 3.8) is 0 Å². The van der Waals surface area contributed by atoms with Gasteiger partial charge in [0.1, 0.15) is 48.8 Å². The van der Waals surface area contributed by atoms with Crippen molar-refractivity contribution in [1.29, 1.82) is 0 Å². The smallest absolute Gasteiger partial charge is 0.217 e. The number of amides is 1. The van der Waals surface area contributed by atoms with Gasteiger partial charge in [-0.2, -0.15) is 0 Å². The van der Waals surface area contributed by atoms with Gasteiger partial charge in [0.15, 0.2) is 12.6 Å². The highest BCUT2D eigenvalue weighted by Gasteiger charge is 2.59. The SMILES string of the molecule is CC(=O)N[C@H]1[C@@H](OCCOCCOCCO[C@H]2CC[C@@]3(C)C(=CC[C@H]4[C@@H]5CC[C@H]([C@H](C)CCCC(C)C)[C@@]5(C)CC[C@@H]43)C2)O[C@H](CO)[C@H](O)[C@@H]1O[C@@H]1O[C@H](CO)[C@H](O)[C@H](O)[C@H]1O. The van der Waals surface area contributed by atoms with Crippen LogP contribution in [-0.2, 0) is 38.0 Å². The summed E-state index contributed by atoms with van der Waals surface area (Å²) in [5.74, 6) is 4.49. The van der Waals surface area contributed by atoms with Gasteiger partial charge in [-0.1, -0.05) is 65.5 Å². The van der Waals surface area contributed by atoms with Crippen LogP contribution < -0.4 is 5.32 Å². The molecule has 5 fully saturated rings. The molecular weight excluding hydrogens is 803 g/mol. The van der Waals surface area contributed by atoms with Crippen molar-refractivity contribution >= 4 is 5.91 Å². The normalized spacial score (nSPS) is 42.5. The molecule has 0 aromatic heterocycles. The Morgan fingerprint density at radius 3 is 2.13 bits per heavy atom. The van der Waals surface area contributed by atoms with Gasteiger partial charge in [0, 0.05) is 6.92 Å². The molecule has 15 heteroatoms. The van der Waals surface area contributed by atoms with Gasteiger partial charge in [-0.15, -0.1) is 0 Å². The van der Waals surface area contributed by atoms with Gasteiger partial charge in [-0.3, -0.25) is 4.79 Å². The molecule has 2 saturated heterocycles. The maximum atomic E-state index is 12.2. The quantitative estimate of drug-likeness (QED) is 0.0652. The molecule has 4 aliphatic carbocycles. The van der Waals surface area contributed by atoms with E-state index in [1.165, 1.54) is 64.7 Å². The molecule has 358 valence electrons. The van der Waals surface area contributed by atoms with Crippen molar-refractivity contribution in [1.82, 2.24) is 5.32 Å². The summed E-state index contributed by atoms with van der Waals surface area (Å²) in [6.45, 7) is 14.3. The van der Waals surface area contributed by atoms with E-state index >= 15 is 0 Å². The molecule has 6 rings (SSSR count). The lowest BCUT2D eigenvalue weighted by molar-refractivity contribution is -0.345. The standard InChI is InChI=1S/C47H81NO14/c1-27(2)8-7-9-28(3)33-12-13-34-32-11-10-30-24-31(14-16-46(30,5)35(32)15-17-47(33,34)6)58-22-20-56-18-19-57-21-23-59-44-38(48-29(4)51)43(40(53)37(26-50)60-44)62-45-42(55)41(54)39(52)36(25-49)61-45/h10,27-28,31-45,49-50,52-55H,7-9,11-26H2,1-6H3,(H,48,51)/t28-,31+,32+,33-,34+,35+,36-,37-,38-,39+,40+,41+,42-,43-,44+,45+,46+,47-/m1/s1. The minimum absolute atomic E-state index is 0.0151. The van der Waals surface area contributed by atoms with Gasteiger partial charge in [-0.05, 0) is 97.7 Å². The Morgan fingerprint density at radius 1 is 0.790 bits per heavy atom. The molecule has 0 bridgehead atoms. The van der Waals surface area contributed by atoms with Crippen LogP contribution in [0.25, 0.3) is 0 Å². The summed E-state index contributed by atoms with van der Waals surface area (Å²) >= 11 is 0. The molecule has 0 unspecified atom stereocenters. The van der Waals surface area contributed by atoms with Crippen LogP contribution in [0.4, 0.5) is 0 Å². The van der Waals surface area contributed by atoms with E-state index in [0.29, 0.717) is 37.3 Å². The number of hydrogen-bond acceptors (Lipinski definition) is 14. The number of aliphatic hydroxyl groups excluding tert-OH is 6. The lowest BCUT2D eigenvalue weighted by Gasteiger charge is -2.58. The number of nitrogens with one attached hydrogen (secondary N) is 1. The Balaban J connectivity index is 0.888. The predicted octanol–water partition coefficient (Wildman–Crippen LogP) is 3.23. The number of carbonyl (C=O) groups excluding carboxylic acids is 1. The minimum atomic E-state index is -1.76. The minimum Gasteiger partial charge on any atom is -0.394 e. The third-order valence-electron chi connectivity index (χ3n) is 16.1. The fraction of sp³-hybridized carbons (Fsp3) is 0.936. The van der Waals surface area contributed by atoms with Gasteiger partial charge in [0.25, 0.3) is 0 Å². The highest BCUT2D eigenvalue weighted by Crippen LogP contribution is 2.67. The Kier molecular flexibility index (Phi) is 18.1. The predicted molar refractivity (Wildman–Crippen MR) is 228 cm³/mol. The maximum absolute atomic E-state index is 12.2. The first-order valence-corrected chi connectivity index (χ1v) is 23.9. The highest BCUT2D eigenvalue weighted by molar-refractivity contribution is 5.73. The van der Waals surface area contributed by atoms with Gasteiger partial charge in [0.05, 0.1) is 59.0 Å². The zero-order chi connectivity index (χ0) is 44.8. The zero-order valence-corrected chi connectivity index (χ0v) is 38.3. The number of aliphatic hydroxyl groups is 6. The molecule has 0 aromatic rings. The summed E-state index contributed by atoms with van der Waals surface area (Å²) < 4.78 is 40.8. The van der Waals surface area contributed by atoms with Gasteiger partial charge >= 0.3 is 0 Å². The first-order chi connectivity index (χ1) is 29.6. The van der Waals surface area contributed by atoms with E-state index in [2.05, 4.69) is 46.0 Å². The number of allylic oxidation sites excluding steroid dienone is 1. The molecule has 18 atom stereocenters. The lowest BCUT2D eigenvalue weighted by Crippen LogP contribution is -2.68. The number of ether oxygens (including phenoxy) is 7. The fourth-order valence-corrected chi connectivity index (χ4v) is 12.7. The lowest BCUT2D eigenvalue weighted by atomic mass is 9.47. The topological polar surface area (TPSA) is 215 Å². The van der Waals surface area contributed by atoms with Gasteiger partial charge in [-0.25, -0.2) is 0 Å². The maximum Gasteiger partial charge on any atom is 0.217 e. The molecule has 0 spiro atoms. The van der Waals surface area contributed by atoms with Crippen molar-refractivity contribution in [3.05, 3.63) is 11.6 Å². The Labute approximate surface area is 369 Å². The Hall–Kier alpha value is -1.31. The molecule has 7 N–H and O–H groups in total. The van der Waals surface area contributed by atoms with E-state index in [-0.39, 0.29) is 19.3 Å². The number of rotatable bonds is 21. The van der Waals surface area contributed by atoms with E-state index in [0.717, 1.165) is 48.3 Å². The second-order valence-corrected chi connectivity index (χ2v) is 20.4. The van der Waals surface area contributed by atoms with E-state index in [9.17, 15) is 35.4 Å². The van der Waals surface area contributed by atoms with E-state index in [4.69, 9.17) is 33.2 Å². The largest absolute Gasteiger partial charge is 0.394 e. The van der Waals surface area contributed by atoms with E-state index in [1.54, 1.807) is 5.57 Å². The van der Waals surface area contributed by atoms with Crippen molar-refractivity contribution in [2.24, 2.45) is 46.3 Å². The molecule has 6 aliphatic rings. The molecular formula is C47H81NO14. The van der Waals surface area contributed by atoms with Crippen LogP contribution in [0.15, 0.2) is 11.6 Å². The third kappa shape index (κ3) is 11.3. The van der Waals surface area contributed by atoms with Crippen LogP contribution in [0, 0.1) is 46.3 Å². The fourth-order valence-electron chi connectivity index (χ4n) is 12.7. The van der Waals surface area contributed by atoms with E-state index < -0.39 is 80.5 Å². The van der Waals surface area contributed by atoms with Crippen LogP contribution in [-0.4, -0.2) is 157 Å². The summed E-state index contributed by atoms with van der Waals surface area (Å²) in [6.07, 6.45) is 3.86. The van der Waals surface area contributed by atoms with Crippen LogP contribution in [0.5, 0.6) is 0 Å². The molecule has 2 heterocycles. The summed E-state index contributed by atoms with van der Waals surface area (Å²) in [4.78, 5) is 12.2. The summed E-state index contributed by atoms with van der Waals surface area (Å²) in [5, 5.41) is 64.1. The Bertz CT molecular complexity index is 1430. The van der Waals surface area contributed by atoms with Crippen molar-refractivity contribution in [2.75, 3.05) is 52.9 Å². The molecule has 62 heavy (non-hydrogen) atoms. The summed E-state index contributed by atoms with van der Waals surface area (Å²) in [5.41, 5.74) is 2.43. The van der Waals surface area contributed by atoms with Gasteiger partial charge < -0.3 is 69.1 Å². The summed E-state index contributed by atoms with van der Waals surface area (Å²) in [7, 11) is 0. The number of carbonyl (C=O) groups is 1. The van der Waals surface area contributed by atoms with Gasteiger partial charge in [0.2, 0.25) is 5.91 Å². The average molecular weight is 884 g/mol. The van der Waals surface area contributed by atoms with Crippen molar-refractivity contribution in [3.8, 4) is 0 Å². The molecule has 3 saturated carbocycles. The Morgan fingerprint density at radius 2 is 1.45 bits per heavy atom. The summed E-state index contributed by atoms with van der Waals surface area (Å²) in [6, 6.07) is -1.15. The molecule has 1 amide bonds. The number of fused-ring (bicyclic) bond motifs is 5. The zero-order valence-electron chi connectivity index (χ0n) is 38.3. The molecule has 2 aliphatic heterocycles. The monoisotopic (exact) mass is 884 g/mol.